The normalized spacial score (nSPS) is 16.2. The highest BCUT2D eigenvalue weighted by Crippen LogP contribution is 2.37. The van der Waals surface area contributed by atoms with Crippen LogP contribution in [-0.4, -0.2) is 16.0 Å². The Kier molecular flexibility index (Phi) is 2.03. The van der Waals surface area contributed by atoms with Crippen molar-refractivity contribution in [2.75, 3.05) is 0 Å². The predicted octanol–water partition coefficient (Wildman–Crippen LogP) is 1.63. The molecule has 0 radical (unpaired) electrons. The van der Waals surface area contributed by atoms with Gasteiger partial charge in [-0.3, -0.25) is 10.1 Å². The van der Waals surface area contributed by atoms with E-state index in [2.05, 4.69) is 5.16 Å². The summed E-state index contributed by atoms with van der Waals surface area (Å²) in [4.78, 5) is 10.2. The Balaban J connectivity index is 2.57. The monoisotopic (exact) mass is 208 g/mol. The fourth-order valence-corrected chi connectivity index (χ4v) is 1.59. The summed E-state index contributed by atoms with van der Waals surface area (Å²) in [5.41, 5.74) is 1.36. The molecule has 0 aliphatic carbocycles. The van der Waals surface area contributed by atoms with Crippen LogP contribution in [0.5, 0.6) is 5.75 Å². The molecule has 2 rings (SSSR count). The van der Waals surface area contributed by atoms with Gasteiger partial charge in [0, 0.05) is 11.6 Å². The van der Waals surface area contributed by atoms with E-state index in [1.54, 1.807) is 13.0 Å². The zero-order valence-electron chi connectivity index (χ0n) is 7.93. The number of oxime groups is 1. The Morgan fingerprint density at radius 2 is 2.33 bits per heavy atom. The minimum Gasteiger partial charge on any atom is -0.432 e. The molecular weight excluding hydrogens is 200 g/mol. The van der Waals surface area contributed by atoms with Crippen molar-refractivity contribution in [1.82, 2.24) is 0 Å². The Morgan fingerprint density at radius 1 is 1.60 bits per heavy atom. The highest BCUT2D eigenvalue weighted by Gasteiger charge is 2.28. The van der Waals surface area contributed by atoms with Gasteiger partial charge in [-0.2, -0.15) is 0 Å². The van der Waals surface area contributed by atoms with E-state index >= 15 is 0 Å². The van der Waals surface area contributed by atoms with Gasteiger partial charge in [-0.25, -0.2) is 0 Å². The number of nitrogens with zero attached hydrogens (tertiary/aromatic N) is 2. The smallest absolute Gasteiger partial charge is 0.312 e. The molecule has 1 aromatic carbocycles. The zero-order valence-corrected chi connectivity index (χ0v) is 7.93. The van der Waals surface area contributed by atoms with E-state index in [-0.39, 0.29) is 23.8 Å². The lowest BCUT2D eigenvalue weighted by molar-refractivity contribution is -0.385. The first-order valence-corrected chi connectivity index (χ1v) is 4.28. The van der Waals surface area contributed by atoms with Gasteiger partial charge < -0.3 is 9.94 Å². The van der Waals surface area contributed by atoms with Gasteiger partial charge in [0.15, 0.2) is 0 Å². The molecule has 0 fully saturated rings. The molecule has 1 aliphatic rings. The molecule has 0 saturated carbocycles. The fourth-order valence-electron chi connectivity index (χ4n) is 1.59. The highest BCUT2D eigenvalue weighted by atomic mass is 16.6. The molecule has 0 amide bonds. The molecule has 15 heavy (non-hydrogen) atoms. The first-order chi connectivity index (χ1) is 7.11. The fraction of sp³-hybridized carbons (Fsp3) is 0.222. The number of hydrogen-bond acceptors (Lipinski definition) is 5. The van der Waals surface area contributed by atoms with Crippen molar-refractivity contribution in [3.8, 4) is 5.75 Å². The van der Waals surface area contributed by atoms with Crippen molar-refractivity contribution in [3.63, 3.8) is 0 Å². The average molecular weight is 208 g/mol. The maximum absolute atomic E-state index is 10.7. The summed E-state index contributed by atoms with van der Waals surface area (Å²) in [6, 6.07) is 3.21. The van der Waals surface area contributed by atoms with Crippen molar-refractivity contribution >= 4 is 11.6 Å². The van der Waals surface area contributed by atoms with E-state index in [0.717, 1.165) is 5.56 Å². The third-order valence-electron chi connectivity index (χ3n) is 2.16. The Bertz CT molecular complexity index is 467. The van der Waals surface area contributed by atoms with E-state index < -0.39 is 4.92 Å². The third-order valence-corrected chi connectivity index (χ3v) is 2.16. The second-order valence-corrected chi connectivity index (χ2v) is 3.30. The predicted molar refractivity (Wildman–Crippen MR) is 51.4 cm³/mol. The van der Waals surface area contributed by atoms with E-state index in [9.17, 15) is 10.1 Å². The number of benzene rings is 1. The van der Waals surface area contributed by atoms with Crippen molar-refractivity contribution in [1.29, 1.82) is 0 Å². The molecule has 6 heteroatoms. The molecule has 0 bridgehead atoms. The number of ether oxygens (including phenoxy) is 1. The quantitative estimate of drug-likeness (QED) is 0.431. The van der Waals surface area contributed by atoms with Gasteiger partial charge in [-0.05, 0) is 12.5 Å². The summed E-state index contributed by atoms with van der Waals surface area (Å²) in [6.45, 7) is 1.77. The number of rotatable bonds is 1. The molecule has 1 heterocycles. The van der Waals surface area contributed by atoms with Crippen molar-refractivity contribution in [3.05, 3.63) is 33.4 Å². The van der Waals surface area contributed by atoms with Crippen LogP contribution in [0.4, 0.5) is 5.69 Å². The van der Waals surface area contributed by atoms with E-state index in [1.807, 2.05) is 0 Å². The molecule has 1 N–H and O–H groups in total. The van der Waals surface area contributed by atoms with Crippen LogP contribution in [0, 0.1) is 17.0 Å². The molecule has 0 aromatic heterocycles. The minimum atomic E-state index is -0.508. The van der Waals surface area contributed by atoms with Gasteiger partial charge in [-0.1, -0.05) is 11.2 Å². The lowest BCUT2D eigenvalue weighted by Crippen LogP contribution is -2.02. The lowest BCUT2D eigenvalue weighted by atomic mass is 10.1. The number of nitro groups is 1. The molecule has 0 unspecified atom stereocenters. The maximum atomic E-state index is 10.7. The third kappa shape index (κ3) is 1.50. The zero-order chi connectivity index (χ0) is 11.0. The summed E-state index contributed by atoms with van der Waals surface area (Å²) in [5.74, 6) is 0.261. The Labute approximate surface area is 84.9 Å². The molecule has 1 aliphatic heterocycles. The Morgan fingerprint density at radius 3 is 2.93 bits per heavy atom. The van der Waals surface area contributed by atoms with Crippen LogP contribution in [0.1, 0.15) is 11.1 Å². The summed E-state index contributed by atoms with van der Waals surface area (Å²) < 4.78 is 5.06. The number of fused-ring (bicyclic) bond motifs is 1. The number of hydrogen-bond donors (Lipinski definition) is 1. The standard InChI is InChI=1S/C9H8N2O4/c1-5-2-6-4-8(10-12)15-9(6)7(3-5)11(13)14/h2-3,12H,4H2,1H3. The first kappa shape index (κ1) is 9.45. The topological polar surface area (TPSA) is 85.0 Å². The summed E-state index contributed by atoms with van der Waals surface area (Å²) in [6.07, 6.45) is 0.286. The van der Waals surface area contributed by atoms with Crippen LogP contribution >= 0.6 is 0 Å². The summed E-state index contributed by atoms with van der Waals surface area (Å²) in [7, 11) is 0. The first-order valence-electron chi connectivity index (χ1n) is 4.28. The van der Waals surface area contributed by atoms with Crippen LogP contribution in [-0.2, 0) is 6.42 Å². The molecular formula is C9H8N2O4. The second-order valence-electron chi connectivity index (χ2n) is 3.30. The summed E-state index contributed by atoms with van der Waals surface area (Å²) >= 11 is 0. The highest BCUT2D eigenvalue weighted by molar-refractivity contribution is 5.87. The van der Waals surface area contributed by atoms with Crippen molar-refractivity contribution in [2.24, 2.45) is 5.16 Å². The van der Waals surface area contributed by atoms with Crippen LogP contribution in [0.25, 0.3) is 0 Å². The van der Waals surface area contributed by atoms with E-state index in [0.29, 0.717) is 5.56 Å². The van der Waals surface area contributed by atoms with Gasteiger partial charge in [0.1, 0.15) is 0 Å². The van der Waals surface area contributed by atoms with E-state index in [4.69, 9.17) is 9.94 Å². The molecule has 0 atom stereocenters. The van der Waals surface area contributed by atoms with Crippen LogP contribution in [0.2, 0.25) is 0 Å². The molecule has 6 nitrogen and oxygen atoms in total. The van der Waals surface area contributed by atoms with Gasteiger partial charge in [-0.15, -0.1) is 0 Å². The van der Waals surface area contributed by atoms with Crippen LogP contribution in [0.3, 0.4) is 0 Å². The number of aryl methyl sites for hydroxylation is 1. The second kappa shape index (κ2) is 3.23. The van der Waals surface area contributed by atoms with Crippen LogP contribution < -0.4 is 4.74 Å². The van der Waals surface area contributed by atoms with Gasteiger partial charge >= 0.3 is 5.69 Å². The van der Waals surface area contributed by atoms with Crippen LogP contribution in [0.15, 0.2) is 17.3 Å². The van der Waals surface area contributed by atoms with Gasteiger partial charge in [0.05, 0.1) is 11.3 Å². The van der Waals surface area contributed by atoms with E-state index in [1.165, 1.54) is 6.07 Å². The summed E-state index contributed by atoms with van der Waals surface area (Å²) in [5, 5.41) is 22.2. The van der Waals surface area contributed by atoms with Crippen molar-refractivity contribution in [2.45, 2.75) is 13.3 Å². The van der Waals surface area contributed by atoms with Gasteiger partial charge in [0.25, 0.3) is 0 Å². The average Bonchev–Trinajstić information content (AvgIpc) is 2.58. The van der Waals surface area contributed by atoms with Crippen molar-refractivity contribution < 1.29 is 14.9 Å². The Hall–Kier alpha value is -2.11. The molecule has 1 aromatic rings. The maximum Gasteiger partial charge on any atom is 0.312 e. The lowest BCUT2D eigenvalue weighted by Gasteiger charge is -2.00. The number of nitro benzene ring substituents is 1. The molecule has 78 valence electrons. The SMILES string of the molecule is Cc1cc2c(c([N+](=O)[O-])c1)OC(=NO)C2. The largest absolute Gasteiger partial charge is 0.432 e. The molecule has 0 saturated heterocycles. The minimum absolute atomic E-state index is 0.0821. The molecule has 0 spiro atoms. The van der Waals surface area contributed by atoms with Gasteiger partial charge in [0.2, 0.25) is 11.6 Å².